The van der Waals surface area contributed by atoms with Gasteiger partial charge in [0.25, 0.3) is 5.91 Å². The van der Waals surface area contributed by atoms with Crippen LogP contribution in [0.1, 0.15) is 16.1 Å². The Morgan fingerprint density at radius 2 is 1.96 bits per heavy atom. The molecular formula is C18H13ClN6O2. The Bertz CT molecular complexity index is 1230. The summed E-state index contributed by atoms with van der Waals surface area (Å²) in [6.45, 7) is 1.82. The second-order valence-electron chi connectivity index (χ2n) is 5.82. The molecule has 0 saturated carbocycles. The molecule has 0 aliphatic rings. The summed E-state index contributed by atoms with van der Waals surface area (Å²) < 4.78 is 0. The number of H-pyrrole nitrogens is 2. The lowest BCUT2D eigenvalue weighted by atomic mass is 10.2. The molecule has 0 aliphatic heterocycles. The van der Waals surface area contributed by atoms with Gasteiger partial charge in [-0.2, -0.15) is 4.98 Å². The van der Waals surface area contributed by atoms with E-state index in [9.17, 15) is 9.59 Å². The van der Waals surface area contributed by atoms with Gasteiger partial charge in [0.15, 0.2) is 5.82 Å². The number of rotatable bonds is 3. The maximum atomic E-state index is 12.6. The highest BCUT2D eigenvalue weighted by Crippen LogP contribution is 2.24. The number of pyridine rings is 2. The number of aromatic amines is 2. The molecule has 3 aromatic heterocycles. The van der Waals surface area contributed by atoms with Crippen molar-refractivity contribution in [1.82, 2.24) is 25.1 Å². The van der Waals surface area contributed by atoms with E-state index in [1.54, 1.807) is 30.3 Å². The average molecular weight is 381 g/mol. The Morgan fingerprint density at radius 1 is 1.15 bits per heavy atom. The molecule has 0 radical (unpaired) electrons. The monoisotopic (exact) mass is 380 g/mol. The van der Waals surface area contributed by atoms with Crippen LogP contribution in [0.5, 0.6) is 0 Å². The van der Waals surface area contributed by atoms with Gasteiger partial charge in [-0.25, -0.2) is 4.98 Å². The van der Waals surface area contributed by atoms with Crippen LogP contribution >= 0.6 is 11.6 Å². The Morgan fingerprint density at radius 3 is 2.78 bits per heavy atom. The number of fused-ring (bicyclic) bond motifs is 1. The van der Waals surface area contributed by atoms with E-state index in [0.29, 0.717) is 27.4 Å². The molecule has 4 aromatic rings. The van der Waals surface area contributed by atoms with Crippen molar-refractivity contribution in [3.63, 3.8) is 0 Å². The number of aryl methyl sites for hydroxylation is 1. The van der Waals surface area contributed by atoms with E-state index < -0.39 is 11.3 Å². The van der Waals surface area contributed by atoms with Crippen LogP contribution < -0.4 is 10.7 Å². The quantitative estimate of drug-likeness (QED) is 0.505. The van der Waals surface area contributed by atoms with Crippen molar-refractivity contribution >= 4 is 34.5 Å². The van der Waals surface area contributed by atoms with Gasteiger partial charge < -0.3 is 4.98 Å². The van der Waals surface area contributed by atoms with Crippen molar-refractivity contribution in [2.24, 2.45) is 0 Å². The largest absolute Gasteiger partial charge is 0.345 e. The number of amides is 1. The number of benzene rings is 1. The summed E-state index contributed by atoms with van der Waals surface area (Å²) in [5.74, 6) is -0.178. The number of carbonyl (C=O) groups excluding carboxylic acids is 1. The number of nitrogens with zero attached hydrogens (tertiary/aromatic N) is 3. The zero-order chi connectivity index (χ0) is 19.0. The smallest absolute Gasteiger partial charge is 0.263 e. The molecule has 0 fully saturated rings. The summed E-state index contributed by atoms with van der Waals surface area (Å²) in [6.07, 6.45) is 1.33. The van der Waals surface area contributed by atoms with E-state index >= 15 is 0 Å². The van der Waals surface area contributed by atoms with Crippen molar-refractivity contribution in [2.75, 3.05) is 5.32 Å². The molecule has 1 amide bonds. The number of carbonyl (C=O) groups is 1. The zero-order valence-corrected chi connectivity index (χ0v) is 14.8. The summed E-state index contributed by atoms with van der Waals surface area (Å²) in [7, 11) is 0. The fraction of sp³-hybridized carbons (Fsp3) is 0.0556. The molecule has 0 unspecified atom stereocenters. The molecule has 3 N–H and O–H groups in total. The minimum absolute atomic E-state index is 0.0384. The Hall–Kier alpha value is -3.52. The fourth-order valence-corrected chi connectivity index (χ4v) is 2.86. The minimum Gasteiger partial charge on any atom is -0.345 e. The molecule has 3 heterocycles. The highest BCUT2D eigenvalue weighted by atomic mass is 35.5. The minimum atomic E-state index is -0.622. The van der Waals surface area contributed by atoms with E-state index in [0.717, 1.165) is 5.69 Å². The van der Waals surface area contributed by atoms with Gasteiger partial charge >= 0.3 is 0 Å². The van der Waals surface area contributed by atoms with Crippen molar-refractivity contribution in [3.05, 3.63) is 69.1 Å². The van der Waals surface area contributed by atoms with Gasteiger partial charge in [-0.1, -0.05) is 23.7 Å². The first-order valence-electron chi connectivity index (χ1n) is 8.00. The normalized spacial score (nSPS) is 10.9. The van der Waals surface area contributed by atoms with E-state index in [2.05, 4.69) is 30.5 Å². The fourth-order valence-electron chi connectivity index (χ4n) is 2.63. The standard InChI is InChI=1S/C18H13ClN6O2/c1-9-6-7-11-14(26)12(8-20-15(11)21-9)17(27)23-18-22-16(24-25-18)10-4-2-3-5-13(10)19/h2-8H,1H3,(H,20,21,26)(H2,22,23,24,25,27). The third-order valence-electron chi connectivity index (χ3n) is 3.96. The van der Waals surface area contributed by atoms with Crippen LogP contribution in [0, 0.1) is 6.92 Å². The third-order valence-corrected chi connectivity index (χ3v) is 4.29. The molecule has 134 valence electrons. The summed E-state index contributed by atoms with van der Waals surface area (Å²) in [5.41, 5.74) is 1.36. The lowest BCUT2D eigenvalue weighted by Gasteiger charge is -2.03. The maximum absolute atomic E-state index is 12.6. The summed E-state index contributed by atoms with van der Waals surface area (Å²) in [6, 6.07) is 10.5. The topological polar surface area (TPSA) is 116 Å². The van der Waals surface area contributed by atoms with E-state index in [4.69, 9.17) is 11.6 Å². The summed E-state index contributed by atoms with van der Waals surface area (Å²) in [5, 5.41) is 10.0. The molecule has 1 aromatic carbocycles. The van der Waals surface area contributed by atoms with Gasteiger partial charge in [0.1, 0.15) is 11.2 Å². The SMILES string of the molecule is Cc1ccc2c(=O)c(C(=O)Nc3n[nH]c(-c4ccccc4Cl)n3)c[nH]c2n1. The van der Waals surface area contributed by atoms with Crippen LogP contribution in [0.25, 0.3) is 22.4 Å². The average Bonchev–Trinajstić information content (AvgIpc) is 3.10. The van der Waals surface area contributed by atoms with Gasteiger partial charge in [-0.3, -0.25) is 20.0 Å². The molecule has 4 rings (SSSR count). The second-order valence-corrected chi connectivity index (χ2v) is 6.23. The van der Waals surface area contributed by atoms with Crippen LogP contribution in [0.15, 0.2) is 47.4 Å². The van der Waals surface area contributed by atoms with Gasteiger partial charge in [0.05, 0.1) is 10.4 Å². The Balaban J connectivity index is 1.63. The number of hydrogen-bond donors (Lipinski definition) is 3. The van der Waals surface area contributed by atoms with Crippen molar-refractivity contribution in [1.29, 1.82) is 0 Å². The highest BCUT2D eigenvalue weighted by molar-refractivity contribution is 6.33. The number of nitrogens with one attached hydrogen (secondary N) is 3. The third kappa shape index (κ3) is 3.18. The van der Waals surface area contributed by atoms with Gasteiger partial charge in [-0.15, -0.1) is 5.10 Å². The first-order chi connectivity index (χ1) is 13.0. The molecule has 0 saturated heterocycles. The predicted octanol–water partition coefficient (Wildman–Crippen LogP) is 2.92. The lowest BCUT2D eigenvalue weighted by Crippen LogP contribution is -2.22. The lowest BCUT2D eigenvalue weighted by molar-refractivity contribution is 0.102. The molecule has 0 bridgehead atoms. The molecule has 9 heteroatoms. The van der Waals surface area contributed by atoms with Gasteiger partial charge in [0.2, 0.25) is 11.4 Å². The molecule has 8 nitrogen and oxygen atoms in total. The summed E-state index contributed by atoms with van der Waals surface area (Å²) >= 11 is 6.13. The van der Waals surface area contributed by atoms with E-state index in [1.165, 1.54) is 6.20 Å². The maximum Gasteiger partial charge on any atom is 0.263 e. The highest BCUT2D eigenvalue weighted by Gasteiger charge is 2.16. The van der Waals surface area contributed by atoms with Gasteiger partial charge in [0, 0.05) is 17.5 Å². The van der Waals surface area contributed by atoms with Gasteiger partial charge in [-0.05, 0) is 31.2 Å². The first kappa shape index (κ1) is 16.9. The number of anilines is 1. The van der Waals surface area contributed by atoms with Crippen molar-refractivity contribution in [2.45, 2.75) is 6.92 Å². The Kier molecular flexibility index (Phi) is 4.17. The van der Waals surface area contributed by atoms with Crippen LogP contribution in [0.3, 0.4) is 0 Å². The number of hydrogen-bond acceptors (Lipinski definition) is 5. The van der Waals surface area contributed by atoms with Crippen LogP contribution in [0.2, 0.25) is 5.02 Å². The first-order valence-corrected chi connectivity index (χ1v) is 8.38. The van der Waals surface area contributed by atoms with E-state index in [-0.39, 0.29) is 11.5 Å². The zero-order valence-electron chi connectivity index (χ0n) is 14.1. The van der Waals surface area contributed by atoms with Crippen molar-refractivity contribution < 1.29 is 4.79 Å². The molecule has 0 spiro atoms. The second kappa shape index (κ2) is 6.65. The molecule has 27 heavy (non-hydrogen) atoms. The molecule has 0 atom stereocenters. The molecular weight excluding hydrogens is 368 g/mol. The molecule has 0 aliphatic carbocycles. The van der Waals surface area contributed by atoms with Crippen LogP contribution in [0.4, 0.5) is 5.95 Å². The van der Waals surface area contributed by atoms with Crippen molar-refractivity contribution in [3.8, 4) is 11.4 Å². The summed E-state index contributed by atoms with van der Waals surface area (Å²) in [4.78, 5) is 36.4. The van der Waals surface area contributed by atoms with Crippen LogP contribution in [-0.2, 0) is 0 Å². The number of halogens is 1. The van der Waals surface area contributed by atoms with E-state index in [1.807, 2.05) is 13.0 Å². The van der Waals surface area contributed by atoms with Crippen LogP contribution in [-0.4, -0.2) is 31.1 Å². The number of aromatic nitrogens is 5. The predicted molar refractivity (Wildman–Crippen MR) is 102 cm³/mol. The Labute approximate surface area is 157 Å².